The van der Waals surface area contributed by atoms with Gasteiger partial charge in [0.1, 0.15) is 18.2 Å². The Morgan fingerprint density at radius 3 is 2.57 bits per heavy atom. The standard InChI is InChI=1S/C30H27F5N4O3/c1-17-36-24-6-3-19(14-25(24)37-17)18-4-7-27-21(12-18)16-38(10-11-42-27)28(40)39-9-8-29(41,30(33,34)35)15-26(39)20-2-5-22(31)23(32)13-20/h2-7,12-14,26,41H,8-11,15-16H2,1H3,(H,36,37). The van der Waals surface area contributed by atoms with E-state index in [2.05, 4.69) is 9.97 Å². The molecule has 0 bridgehead atoms. The number of ether oxygens (including phenoxy) is 1. The highest BCUT2D eigenvalue weighted by molar-refractivity contribution is 5.82. The number of carbonyl (C=O) groups is 1. The Hall–Kier alpha value is -4.19. The maximum absolute atomic E-state index is 14.1. The highest BCUT2D eigenvalue weighted by atomic mass is 19.4. The number of aromatic nitrogens is 2. The fraction of sp³-hybridized carbons (Fsp3) is 0.333. The van der Waals surface area contributed by atoms with Crippen LogP contribution in [0.25, 0.3) is 22.2 Å². The van der Waals surface area contributed by atoms with Crippen LogP contribution in [-0.4, -0.2) is 62.4 Å². The summed E-state index contributed by atoms with van der Waals surface area (Å²) in [6.07, 6.45) is -6.63. The number of halogens is 5. The van der Waals surface area contributed by atoms with Gasteiger partial charge in [0.2, 0.25) is 0 Å². The van der Waals surface area contributed by atoms with Crippen molar-refractivity contribution in [1.82, 2.24) is 19.8 Å². The first-order chi connectivity index (χ1) is 19.9. The molecule has 3 aromatic carbocycles. The Balaban J connectivity index is 1.30. The predicted molar refractivity (Wildman–Crippen MR) is 144 cm³/mol. The number of fused-ring (bicyclic) bond motifs is 2. The minimum atomic E-state index is -4.97. The van der Waals surface area contributed by atoms with Gasteiger partial charge in [-0.15, -0.1) is 0 Å². The van der Waals surface area contributed by atoms with E-state index in [1.54, 1.807) is 0 Å². The maximum Gasteiger partial charge on any atom is 0.417 e. The minimum Gasteiger partial charge on any atom is -0.491 e. The van der Waals surface area contributed by atoms with Gasteiger partial charge in [0.25, 0.3) is 0 Å². The molecule has 1 fully saturated rings. The van der Waals surface area contributed by atoms with Gasteiger partial charge in [-0.2, -0.15) is 13.2 Å². The number of hydrogen-bond donors (Lipinski definition) is 2. The highest BCUT2D eigenvalue weighted by Gasteiger charge is 2.57. The molecular formula is C30H27F5N4O3. The molecule has 3 heterocycles. The van der Waals surface area contributed by atoms with Crippen molar-refractivity contribution in [2.24, 2.45) is 0 Å². The fourth-order valence-corrected chi connectivity index (χ4v) is 5.73. The van der Waals surface area contributed by atoms with Gasteiger partial charge in [-0.05, 0) is 60.0 Å². The summed E-state index contributed by atoms with van der Waals surface area (Å²) in [4.78, 5) is 24.2. The summed E-state index contributed by atoms with van der Waals surface area (Å²) >= 11 is 0. The van der Waals surface area contributed by atoms with E-state index >= 15 is 0 Å². The van der Waals surface area contributed by atoms with Crippen molar-refractivity contribution < 1.29 is 36.6 Å². The van der Waals surface area contributed by atoms with E-state index in [1.807, 2.05) is 43.3 Å². The number of aliphatic hydroxyl groups is 1. The molecule has 220 valence electrons. The van der Waals surface area contributed by atoms with Crippen LogP contribution in [0.15, 0.2) is 54.6 Å². The molecule has 2 atom stereocenters. The minimum absolute atomic E-state index is 0.0391. The molecule has 42 heavy (non-hydrogen) atoms. The number of alkyl halides is 3. The molecule has 12 heteroatoms. The zero-order valence-corrected chi connectivity index (χ0v) is 22.5. The van der Waals surface area contributed by atoms with E-state index in [4.69, 9.17) is 4.74 Å². The van der Waals surface area contributed by atoms with Gasteiger partial charge in [0.05, 0.1) is 30.2 Å². The molecule has 1 aromatic heterocycles. The molecule has 7 nitrogen and oxygen atoms in total. The van der Waals surface area contributed by atoms with Crippen molar-refractivity contribution in [3.8, 4) is 16.9 Å². The van der Waals surface area contributed by atoms with Crippen molar-refractivity contribution in [1.29, 1.82) is 0 Å². The van der Waals surface area contributed by atoms with Crippen LogP contribution in [0.2, 0.25) is 0 Å². The number of amides is 2. The SMILES string of the molecule is Cc1nc2ccc(-c3ccc4c(c3)CN(C(=O)N3CCC(O)(C(F)(F)F)CC3c3ccc(F)c(F)c3)CCO4)cc2[nH]1. The summed E-state index contributed by atoms with van der Waals surface area (Å²) in [6.45, 7) is 1.83. The number of aromatic amines is 1. The Labute approximate surface area is 237 Å². The van der Waals surface area contributed by atoms with E-state index in [1.165, 1.54) is 9.80 Å². The molecule has 1 saturated heterocycles. The molecule has 2 aliphatic rings. The van der Waals surface area contributed by atoms with Gasteiger partial charge >= 0.3 is 12.2 Å². The first-order valence-electron chi connectivity index (χ1n) is 13.4. The van der Waals surface area contributed by atoms with Crippen molar-refractivity contribution >= 4 is 17.1 Å². The second-order valence-corrected chi connectivity index (χ2v) is 10.8. The number of aryl methyl sites for hydroxylation is 1. The average Bonchev–Trinajstić information content (AvgIpc) is 3.19. The van der Waals surface area contributed by atoms with Gasteiger partial charge in [0.15, 0.2) is 17.2 Å². The Morgan fingerprint density at radius 2 is 1.81 bits per heavy atom. The molecule has 0 aliphatic carbocycles. The van der Waals surface area contributed by atoms with E-state index in [0.29, 0.717) is 11.3 Å². The predicted octanol–water partition coefficient (Wildman–Crippen LogP) is 6.26. The summed E-state index contributed by atoms with van der Waals surface area (Å²) < 4.78 is 75.1. The maximum atomic E-state index is 14.1. The van der Waals surface area contributed by atoms with Crippen molar-refractivity contribution in [2.45, 2.75) is 44.1 Å². The number of piperidine rings is 1. The largest absolute Gasteiger partial charge is 0.491 e. The molecule has 2 unspecified atom stereocenters. The first kappa shape index (κ1) is 28.0. The summed E-state index contributed by atoms with van der Waals surface area (Å²) in [6, 6.07) is 12.2. The van der Waals surface area contributed by atoms with Gasteiger partial charge in [-0.3, -0.25) is 0 Å². The van der Waals surface area contributed by atoms with Crippen LogP contribution in [0.5, 0.6) is 5.75 Å². The fourth-order valence-electron chi connectivity index (χ4n) is 5.73. The monoisotopic (exact) mass is 586 g/mol. The molecule has 0 radical (unpaired) electrons. The highest BCUT2D eigenvalue weighted by Crippen LogP contribution is 2.46. The second-order valence-electron chi connectivity index (χ2n) is 10.8. The zero-order chi connectivity index (χ0) is 29.8. The van der Waals surface area contributed by atoms with Gasteiger partial charge in [-0.1, -0.05) is 18.2 Å². The van der Waals surface area contributed by atoms with Crippen LogP contribution >= 0.6 is 0 Å². The van der Waals surface area contributed by atoms with Crippen LogP contribution in [0.1, 0.15) is 35.8 Å². The quantitative estimate of drug-likeness (QED) is 0.272. The van der Waals surface area contributed by atoms with E-state index in [9.17, 15) is 31.9 Å². The van der Waals surface area contributed by atoms with Crippen LogP contribution in [-0.2, 0) is 6.54 Å². The van der Waals surface area contributed by atoms with Crippen molar-refractivity contribution in [3.05, 3.63) is 83.2 Å². The number of H-pyrrole nitrogens is 1. The second kappa shape index (κ2) is 10.3. The van der Waals surface area contributed by atoms with Crippen LogP contribution < -0.4 is 4.74 Å². The van der Waals surface area contributed by atoms with Crippen LogP contribution in [0.4, 0.5) is 26.7 Å². The lowest BCUT2D eigenvalue weighted by atomic mass is 9.83. The lowest BCUT2D eigenvalue weighted by Crippen LogP contribution is -2.57. The van der Waals surface area contributed by atoms with Crippen molar-refractivity contribution in [3.63, 3.8) is 0 Å². The number of benzene rings is 3. The molecule has 2 amide bonds. The molecule has 6 rings (SSSR count). The van der Waals surface area contributed by atoms with Crippen LogP contribution in [0.3, 0.4) is 0 Å². The molecule has 4 aromatic rings. The zero-order valence-electron chi connectivity index (χ0n) is 22.5. The number of nitrogens with zero attached hydrogens (tertiary/aromatic N) is 3. The number of imidazole rings is 1. The Kier molecular flexibility index (Phi) is 6.83. The summed E-state index contributed by atoms with van der Waals surface area (Å²) in [7, 11) is 0. The average molecular weight is 587 g/mol. The Morgan fingerprint density at radius 1 is 1.05 bits per heavy atom. The number of hydrogen-bond acceptors (Lipinski definition) is 4. The summed E-state index contributed by atoms with van der Waals surface area (Å²) in [5.74, 6) is -1.05. The number of rotatable bonds is 2. The molecule has 0 spiro atoms. The van der Waals surface area contributed by atoms with Crippen molar-refractivity contribution in [2.75, 3.05) is 19.7 Å². The third-order valence-electron chi connectivity index (χ3n) is 8.02. The van der Waals surface area contributed by atoms with E-state index in [0.717, 1.165) is 46.2 Å². The third kappa shape index (κ3) is 5.04. The molecule has 2 N–H and O–H groups in total. The molecular weight excluding hydrogens is 559 g/mol. The third-order valence-corrected chi connectivity index (χ3v) is 8.02. The topological polar surface area (TPSA) is 81.7 Å². The van der Waals surface area contributed by atoms with Gasteiger partial charge < -0.3 is 24.6 Å². The lowest BCUT2D eigenvalue weighted by molar-refractivity contribution is -0.276. The number of carbonyl (C=O) groups excluding carboxylic acids is 1. The lowest BCUT2D eigenvalue weighted by Gasteiger charge is -2.46. The number of urea groups is 1. The van der Waals surface area contributed by atoms with Crippen LogP contribution in [0, 0.1) is 18.6 Å². The summed E-state index contributed by atoms with van der Waals surface area (Å²) in [5, 5.41) is 10.5. The summed E-state index contributed by atoms with van der Waals surface area (Å²) in [5.41, 5.74) is 1.07. The Bertz CT molecular complexity index is 1670. The smallest absolute Gasteiger partial charge is 0.417 e. The van der Waals surface area contributed by atoms with E-state index < -0.39 is 54.9 Å². The van der Waals surface area contributed by atoms with Gasteiger partial charge in [-0.25, -0.2) is 18.6 Å². The van der Waals surface area contributed by atoms with Gasteiger partial charge in [0, 0.05) is 24.9 Å². The van der Waals surface area contributed by atoms with E-state index in [-0.39, 0.29) is 25.3 Å². The normalized spacial score (nSPS) is 21.2. The first-order valence-corrected chi connectivity index (χ1v) is 13.4. The molecule has 0 saturated carbocycles. The number of likely N-dealkylation sites (tertiary alicyclic amines) is 1. The number of nitrogens with one attached hydrogen (secondary N) is 1. The molecule has 2 aliphatic heterocycles.